The molecule has 4 nitrogen and oxygen atoms in total. The standard InChI is InChI=1S/C14H12N2O2S/c1-8-11-9(2)15-16(10-6-4-3-5-7-10)13(11)19-12(8)14(17)18/h3-7H,1-2H3,(H,17,18). The predicted molar refractivity (Wildman–Crippen MR) is 75.4 cm³/mol. The Balaban J connectivity index is 2.34. The molecular formula is C14H12N2O2S. The van der Waals surface area contributed by atoms with E-state index in [1.807, 2.05) is 48.9 Å². The SMILES string of the molecule is Cc1nn(-c2ccccc2)c2sc(C(=O)O)c(C)c12. The number of hydrogen-bond donors (Lipinski definition) is 1. The summed E-state index contributed by atoms with van der Waals surface area (Å²) in [6.07, 6.45) is 0. The van der Waals surface area contributed by atoms with Crippen LogP contribution in [0.2, 0.25) is 0 Å². The highest BCUT2D eigenvalue weighted by Gasteiger charge is 2.20. The van der Waals surface area contributed by atoms with E-state index in [1.165, 1.54) is 11.3 Å². The third kappa shape index (κ3) is 1.74. The van der Waals surface area contributed by atoms with Gasteiger partial charge in [-0.3, -0.25) is 0 Å². The molecule has 0 saturated carbocycles. The van der Waals surface area contributed by atoms with E-state index in [0.717, 1.165) is 27.2 Å². The third-order valence-corrected chi connectivity index (χ3v) is 4.38. The number of nitrogens with zero attached hydrogens (tertiary/aromatic N) is 2. The van der Waals surface area contributed by atoms with Crippen LogP contribution in [0.4, 0.5) is 0 Å². The minimum Gasteiger partial charge on any atom is -0.477 e. The number of hydrogen-bond acceptors (Lipinski definition) is 3. The van der Waals surface area contributed by atoms with Crippen molar-refractivity contribution in [3.05, 3.63) is 46.5 Å². The van der Waals surface area contributed by atoms with Crippen molar-refractivity contribution in [1.82, 2.24) is 9.78 Å². The zero-order valence-electron chi connectivity index (χ0n) is 10.5. The van der Waals surface area contributed by atoms with Crippen LogP contribution in [0.3, 0.4) is 0 Å². The summed E-state index contributed by atoms with van der Waals surface area (Å²) in [6, 6.07) is 9.75. The van der Waals surface area contributed by atoms with Gasteiger partial charge in [-0.15, -0.1) is 11.3 Å². The Bertz CT molecular complexity index is 772. The largest absolute Gasteiger partial charge is 0.477 e. The number of carboxylic acid groups (broad SMARTS) is 1. The zero-order valence-corrected chi connectivity index (χ0v) is 11.4. The molecule has 2 aromatic heterocycles. The molecule has 0 radical (unpaired) electrons. The first-order valence-electron chi connectivity index (χ1n) is 5.87. The molecule has 19 heavy (non-hydrogen) atoms. The van der Waals surface area contributed by atoms with Crippen LogP contribution < -0.4 is 0 Å². The average Bonchev–Trinajstić information content (AvgIpc) is 2.90. The molecule has 2 heterocycles. The molecule has 1 N–H and O–H groups in total. The van der Waals surface area contributed by atoms with E-state index >= 15 is 0 Å². The molecule has 0 aliphatic heterocycles. The lowest BCUT2D eigenvalue weighted by Crippen LogP contribution is -1.96. The smallest absolute Gasteiger partial charge is 0.346 e. The first-order valence-corrected chi connectivity index (χ1v) is 6.68. The normalized spacial score (nSPS) is 11.1. The van der Waals surface area contributed by atoms with Crippen molar-refractivity contribution < 1.29 is 9.90 Å². The number of carbonyl (C=O) groups is 1. The molecule has 0 atom stereocenters. The van der Waals surface area contributed by atoms with E-state index in [0.29, 0.717) is 4.88 Å². The van der Waals surface area contributed by atoms with Crippen LogP contribution in [0.15, 0.2) is 30.3 Å². The molecule has 3 rings (SSSR count). The van der Waals surface area contributed by atoms with Crippen molar-refractivity contribution in [3.8, 4) is 5.69 Å². The zero-order chi connectivity index (χ0) is 13.6. The monoisotopic (exact) mass is 272 g/mol. The Morgan fingerprint density at radius 3 is 2.58 bits per heavy atom. The van der Waals surface area contributed by atoms with Crippen molar-refractivity contribution in [2.75, 3.05) is 0 Å². The predicted octanol–water partition coefficient (Wildman–Crippen LogP) is 3.40. The van der Waals surface area contributed by atoms with Crippen LogP contribution in [-0.2, 0) is 0 Å². The molecule has 0 bridgehead atoms. The Labute approximate surface area is 113 Å². The van der Waals surface area contributed by atoms with Gasteiger partial charge in [-0.05, 0) is 31.5 Å². The molecule has 5 heteroatoms. The second-order valence-electron chi connectivity index (χ2n) is 4.37. The number of fused-ring (bicyclic) bond motifs is 1. The summed E-state index contributed by atoms with van der Waals surface area (Å²) in [5.41, 5.74) is 2.60. The Morgan fingerprint density at radius 2 is 1.95 bits per heavy atom. The summed E-state index contributed by atoms with van der Waals surface area (Å²) in [4.78, 5) is 12.5. The van der Waals surface area contributed by atoms with Crippen LogP contribution in [-0.4, -0.2) is 20.9 Å². The van der Waals surface area contributed by atoms with Crippen molar-refractivity contribution in [3.63, 3.8) is 0 Å². The molecule has 0 fully saturated rings. The maximum absolute atomic E-state index is 11.2. The molecule has 0 spiro atoms. The Kier molecular flexibility index (Phi) is 2.64. The van der Waals surface area contributed by atoms with E-state index in [4.69, 9.17) is 0 Å². The molecule has 0 unspecified atom stereocenters. The van der Waals surface area contributed by atoms with E-state index in [2.05, 4.69) is 5.10 Å². The first kappa shape index (κ1) is 11.9. The van der Waals surface area contributed by atoms with Gasteiger partial charge in [-0.1, -0.05) is 18.2 Å². The van der Waals surface area contributed by atoms with E-state index in [9.17, 15) is 9.90 Å². The summed E-state index contributed by atoms with van der Waals surface area (Å²) in [7, 11) is 0. The number of thiophene rings is 1. The highest BCUT2D eigenvalue weighted by Crippen LogP contribution is 2.34. The van der Waals surface area contributed by atoms with Gasteiger partial charge in [0, 0.05) is 5.39 Å². The van der Waals surface area contributed by atoms with Crippen molar-refractivity contribution in [1.29, 1.82) is 0 Å². The number of benzene rings is 1. The summed E-state index contributed by atoms with van der Waals surface area (Å²) in [5.74, 6) is -0.877. The lowest BCUT2D eigenvalue weighted by molar-refractivity contribution is 0.0701. The second kappa shape index (κ2) is 4.20. The maximum Gasteiger partial charge on any atom is 0.346 e. The summed E-state index contributed by atoms with van der Waals surface area (Å²) >= 11 is 1.28. The minimum atomic E-state index is -0.877. The Morgan fingerprint density at radius 1 is 1.26 bits per heavy atom. The van der Waals surface area contributed by atoms with Crippen molar-refractivity contribution in [2.24, 2.45) is 0 Å². The average molecular weight is 272 g/mol. The molecule has 0 saturated heterocycles. The van der Waals surface area contributed by atoms with Gasteiger partial charge in [-0.2, -0.15) is 5.10 Å². The summed E-state index contributed by atoms with van der Waals surface area (Å²) in [5, 5.41) is 14.7. The molecular weight excluding hydrogens is 260 g/mol. The molecule has 96 valence electrons. The minimum absolute atomic E-state index is 0.389. The van der Waals surface area contributed by atoms with Gasteiger partial charge in [0.1, 0.15) is 9.71 Å². The van der Waals surface area contributed by atoms with Gasteiger partial charge in [0.2, 0.25) is 0 Å². The van der Waals surface area contributed by atoms with Gasteiger partial charge < -0.3 is 5.11 Å². The second-order valence-corrected chi connectivity index (χ2v) is 5.37. The van der Waals surface area contributed by atoms with Gasteiger partial charge in [0.25, 0.3) is 0 Å². The maximum atomic E-state index is 11.2. The molecule has 0 aliphatic rings. The number of aryl methyl sites for hydroxylation is 2. The van der Waals surface area contributed by atoms with Crippen LogP contribution in [0.5, 0.6) is 0 Å². The fourth-order valence-corrected chi connectivity index (χ4v) is 3.44. The number of carboxylic acids is 1. The molecule has 0 aliphatic carbocycles. The summed E-state index contributed by atoms with van der Waals surface area (Å²) in [6.45, 7) is 3.75. The highest BCUT2D eigenvalue weighted by atomic mass is 32.1. The number of rotatable bonds is 2. The van der Waals surface area contributed by atoms with Crippen molar-refractivity contribution >= 4 is 27.5 Å². The molecule has 1 aromatic carbocycles. The lowest BCUT2D eigenvalue weighted by atomic mass is 10.2. The van der Waals surface area contributed by atoms with Gasteiger partial charge >= 0.3 is 5.97 Å². The highest BCUT2D eigenvalue weighted by molar-refractivity contribution is 7.20. The Hall–Kier alpha value is -2.14. The molecule has 3 aromatic rings. The van der Waals surface area contributed by atoms with E-state index in [1.54, 1.807) is 0 Å². The lowest BCUT2D eigenvalue weighted by Gasteiger charge is -2.00. The van der Waals surface area contributed by atoms with Gasteiger partial charge in [-0.25, -0.2) is 9.48 Å². The van der Waals surface area contributed by atoms with E-state index < -0.39 is 5.97 Å². The van der Waals surface area contributed by atoms with Crippen molar-refractivity contribution in [2.45, 2.75) is 13.8 Å². The van der Waals surface area contributed by atoms with Gasteiger partial charge in [0.05, 0.1) is 11.4 Å². The number of aromatic nitrogens is 2. The quantitative estimate of drug-likeness (QED) is 0.778. The molecule has 0 amide bonds. The number of para-hydroxylation sites is 1. The fraction of sp³-hybridized carbons (Fsp3) is 0.143. The topological polar surface area (TPSA) is 55.1 Å². The van der Waals surface area contributed by atoms with Crippen LogP contribution in [0.1, 0.15) is 20.9 Å². The summed E-state index contributed by atoms with van der Waals surface area (Å²) < 4.78 is 1.81. The fourth-order valence-electron chi connectivity index (χ4n) is 2.27. The number of aromatic carboxylic acids is 1. The first-order chi connectivity index (χ1) is 9.09. The van der Waals surface area contributed by atoms with Crippen LogP contribution in [0, 0.1) is 13.8 Å². The third-order valence-electron chi connectivity index (χ3n) is 3.13. The van der Waals surface area contributed by atoms with Crippen LogP contribution >= 0.6 is 11.3 Å². The van der Waals surface area contributed by atoms with E-state index in [-0.39, 0.29) is 0 Å². The van der Waals surface area contributed by atoms with Crippen LogP contribution in [0.25, 0.3) is 15.9 Å². The van der Waals surface area contributed by atoms with Gasteiger partial charge in [0.15, 0.2) is 0 Å².